The number of hydrogen-bond acceptors (Lipinski definition) is 4. The number of methoxy groups -OCH3 is 1. The second-order valence-electron chi connectivity index (χ2n) is 5.38. The maximum absolute atomic E-state index is 12.2. The molecule has 5 nitrogen and oxygen atoms in total. The fraction of sp³-hybridized carbons (Fsp3) is 0.562. The van der Waals surface area contributed by atoms with Gasteiger partial charge in [0.05, 0.1) is 32.5 Å². The molecule has 5 heteroatoms. The van der Waals surface area contributed by atoms with Gasteiger partial charge in [-0.2, -0.15) is 0 Å². The summed E-state index contributed by atoms with van der Waals surface area (Å²) < 4.78 is 16.2. The minimum atomic E-state index is 0.0144. The number of nitrogens with zero attached hydrogens (tertiary/aromatic N) is 1. The van der Waals surface area contributed by atoms with Crippen LogP contribution in [0, 0.1) is 0 Å². The molecule has 2 atom stereocenters. The topological polar surface area (TPSA) is 48.0 Å². The van der Waals surface area contributed by atoms with Crippen LogP contribution in [-0.4, -0.2) is 49.8 Å². The molecule has 1 amide bonds. The molecule has 0 spiro atoms. The fourth-order valence-corrected chi connectivity index (χ4v) is 2.35. The van der Waals surface area contributed by atoms with Crippen molar-refractivity contribution in [1.82, 2.24) is 4.90 Å². The summed E-state index contributed by atoms with van der Waals surface area (Å²) in [7, 11) is 1.63. The van der Waals surface area contributed by atoms with E-state index in [1.54, 1.807) is 7.11 Å². The van der Waals surface area contributed by atoms with E-state index in [-0.39, 0.29) is 24.7 Å². The summed E-state index contributed by atoms with van der Waals surface area (Å²) in [5.74, 6) is 0.804. The molecule has 1 aromatic carbocycles. The summed E-state index contributed by atoms with van der Waals surface area (Å²) in [6.07, 6.45) is 0.0866. The molecule has 0 bridgehead atoms. The van der Waals surface area contributed by atoms with Gasteiger partial charge in [0.1, 0.15) is 12.4 Å². The highest BCUT2D eigenvalue weighted by molar-refractivity contribution is 5.77. The van der Waals surface area contributed by atoms with Gasteiger partial charge in [-0.1, -0.05) is 12.1 Å². The second kappa shape index (κ2) is 7.43. The first-order valence-corrected chi connectivity index (χ1v) is 7.22. The van der Waals surface area contributed by atoms with Gasteiger partial charge in [-0.15, -0.1) is 0 Å². The minimum absolute atomic E-state index is 0.0144. The second-order valence-corrected chi connectivity index (χ2v) is 5.38. The molecule has 1 aliphatic rings. The van der Waals surface area contributed by atoms with Crippen molar-refractivity contribution in [3.05, 3.63) is 29.8 Å². The molecule has 2 unspecified atom stereocenters. The van der Waals surface area contributed by atoms with Crippen LogP contribution in [0.2, 0.25) is 0 Å². The van der Waals surface area contributed by atoms with E-state index >= 15 is 0 Å². The summed E-state index contributed by atoms with van der Waals surface area (Å²) in [5, 5.41) is 0. The monoisotopic (exact) mass is 293 g/mol. The van der Waals surface area contributed by atoms with Gasteiger partial charge in [-0.05, 0) is 31.5 Å². The van der Waals surface area contributed by atoms with Crippen LogP contribution in [0.4, 0.5) is 0 Å². The van der Waals surface area contributed by atoms with E-state index < -0.39 is 0 Å². The Labute approximate surface area is 125 Å². The SMILES string of the molecule is COc1cccc(COCC(=O)N2CC(C)OCC2C)c1. The Balaban J connectivity index is 1.80. The first-order valence-electron chi connectivity index (χ1n) is 7.22. The maximum Gasteiger partial charge on any atom is 0.248 e. The molecular weight excluding hydrogens is 270 g/mol. The van der Waals surface area contributed by atoms with Gasteiger partial charge in [0.2, 0.25) is 5.91 Å². The van der Waals surface area contributed by atoms with E-state index in [1.807, 2.05) is 43.0 Å². The number of rotatable bonds is 5. The van der Waals surface area contributed by atoms with Gasteiger partial charge >= 0.3 is 0 Å². The Morgan fingerprint density at radius 3 is 3.00 bits per heavy atom. The molecule has 0 saturated carbocycles. The molecule has 0 radical (unpaired) electrons. The highest BCUT2D eigenvalue weighted by Crippen LogP contribution is 2.14. The van der Waals surface area contributed by atoms with Crippen LogP contribution in [0.1, 0.15) is 19.4 Å². The van der Waals surface area contributed by atoms with Crippen LogP contribution in [0.25, 0.3) is 0 Å². The van der Waals surface area contributed by atoms with Gasteiger partial charge in [0.15, 0.2) is 0 Å². The third kappa shape index (κ3) is 4.44. The first kappa shape index (κ1) is 15.8. The van der Waals surface area contributed by atoms with E-state index in [2.05, 4.69) is 0 Å². The highest BCUT2D eigenvalue weighted by Gasteiger charge is 2.27. The molecule has 2 rings (SSSR count). The van der Waals surface area contributed by atoms with E-state index in [9.17, 15) is 4.79 Å². The maximum atomic E-state index is 12.2. The van der Waals surface area contributed by atoms with E-state index in [1.165, 1.54) is 0 Å². The molecule has 0 N–H and O–H groups in total. The first-order chi connectivity index (χ1) is 10.1. The van der Waals surface area contributed by atoms with Gasteiger partial charge in [-0.25, -0.2) is 0 Å². The van der Waals surface area contributed by atoms with Crippen molar-refractivity contribution >= 4 is 5.91 Å². The lowest BCUT2D eigenvalue weighted by atomic mass is 10.2. The Hall–Kier alpha value is -1.59. The number of amides is 1. The molecule has 1 fully saturated rings. The Morgan fingerprint density at radius 2 is 2.24 bits per heavy atom. The van der Waals surface area contributed by atoms with Crippen LogP contribution in [0.3, 0.4) is 0 Å². The van der Waals surface area contributed by atoms with E-state index in [0.29, 0.717) is 19.8 Å². The molecular formula is C16H23NO4. The molecule has 1 aliphatic heterocycles. The molecule has 0 aliphatic carbocycles. The standard InChI is InChI=1S/C16H23NO4/c1-12-9-21-13(2)8-17(12)16(18)11-20-10-14-5-4-6-15(7-14)19-3/h4-7,12-13H,8-11H2,1-3H3. The Kier molecular flexibility index (Phi) is 5.59. The van der Waals surface area contributed by atoms with Gasteiger partial charge in [0.25, 0.3) is 0 Å². The number of carbonyl (C=O) groups excluding carboxylic acids is 1. The fourth-order valence-electron chi connectivity index (χ4n) is 2.35. The van der Waals surface area contributed by atoms with Crippen molar-refractivity contribution < 1.29 is 19.0 Å². The van der Waals surface area contributed by atoms with Crippen LogP contribution in [0.15, 0.2) is 24.3 Å². The summed E-state index contributed by atoms with van der Waals surface area (Å²) in [5.41, 5.74) is 0.991. The number of carbonyl (C=O) groups is 1. The third-order valence-corrected chi connectivity index (χ3v) is 3.56. The molecule has 1 saturated heterocycles. The smallest absolute Gasteiger partial charge is 0.248 e. The molecule has 116 valence electrons. The average Bonchev–Trinajstić information content (AvgIpc) is 2.49. The van der Waals surface area contributed by atoms with Crippen LogP contribution in [0.5, 0.6) is 5.75 Å². The lowest BCUT2D eigenvalue weighted by Crippen LogP contribution is -2.51. The van der Waals surface area contributed by atoms with Crippen molar-refractivity contribution in [1.29, 1.82) is 0 Å². The van der Waals surface area contributed by atoms with E-state index in [4.69, 9.17) is 14.2 Å². The predicted octanol–water partition coefficient (Wildman–Crippen LogP) is 1.85. The van der Waals surface area contributed by atoms with Crippen molar-refractivity contribution in [3.8, 4) is 5.75 Å². The summed E-state index contributed by atoms with van der Waals surface area (Å²) in [6.45, 7) is 5.67. The summed E-state index contributed by atoms with van der Waals surface area (Å²) in [4.78, 5) is 14.0. The van der Waals surface area contributed by atoms with Crippen molar-refractivity contribution in [3.63, 3.8) is 0 Å². The highest BCUT2D eigenvalue weighted by atomic mass is 16.5. The normalized spacial score (nSPS) is 22.1. The van der Waals surface area contributed by atoms with Crippen molar-refractivity contribution in [2.45, 2.75) is 32.6 Å². The third-order valence-electron chi connectivity index (χ3n) is 3.56. The molecule has 1 aromatic rings. The van der Waals surface area contributed by atoms with Gasteiger partial charge < -0.3 is 19.1 Å². The van der Waals surface area contributed by atoms with Gasteiger partial charge in [-0.3, -0.25) is 4.79 Å². The summed E-state index contributed by atoms with van der Waals surface area (Å²) >= 11 is 0. The lowest BCUT2D eigenvalue weighted by Gasteiger charge is -2.36. The van der Waals surface area contributed by atoms with Gasteiger partial charge in [0, 0.05) is 6.54 Å². The minimum Gasteiger partial charge on any atom is -0.497 e. The van der Waals surface area contributed by atoms with E-state index in [0.717, 1.165) is 11.3 Å². The van der Waals surface area contributed by atoms with Crippen molar-refractivity contribution in [2.75, 3.05) is 26.9 Å². The number of hydrogen-bond donors (Lipinski definition) is 0. The zero-order valence-corrected chi connectivity index (χ0v) is 12.9. The van der Waals surface area contributed by atoms with Crippen LogP contribution >= 0.6 is 0 Å². The average molecular weight is 293 g/mol. The number of morpholine rings is 1. The zero-order valence-electron chi connectivity index (χ0n) is 12.9. The zero-order chi connectivity index (χ0) is 15.2. The Morgan fingerprint density at radius 1 is 1.43 bits per heavy atom. The largest absolute Gasteiger partial charge is 0.497 e. The number of benzene rings is 1. The van der Waals surface area contributed by atoms with Crippen LogP contribution < -0.4 is 4.74 Å². The molecule has 1 heterocycles. The number of ether oxygens (including phenoxy) is 3. The molecule has 21 heavy (non-hydrogen) atoms. The lowest BCUT2D eigenvalue weighted by molar-refractivity contribution is -0.148. The predicted molar refractivity (Wildman–Crippen MR) is 79.2 cm³/mol. The summed E-state index contributed by atoms with van der Waals surface area (Å²) in [6, 6.07) is 7.75. The van der Waals surface area contributed by atoms with Crippen LogP contribution in [-0.2, 0) is 20.9 Å². The molecule has 0 aromatic heterocycles. The Bertz CT molecular complexity index is 477. The van der Waals surface area contributed by atoms with Crippen molar-refractivity contribution in [2.24, 2.45) is 0 Å². The quantitative estimate of drug-likeness (QED) is 0.831.